The molecule has 0 aliphatic heterocycles. The number of nitrogens with zero attached hydrogens (tertiary/aromatic N) is 2. The number of aliphatic hydroxyl groups excluding tert-OH is 1. The maximum Gasteiger partial charge on any atom is 0.233 e. The van der Waals surface area contributed by atoms with Gasteiger partial charge in [0.25, 0.3) is 0 Å². The number of ether oxygens (including phenoxy) is 1. The molecule has 0 fully saturated rings. The summed E-state index contributed by atoms with van der Waals surface area (Å²) in [5, 5.41) is 17.5. The van der Waals surface area contributed by atoms with Gasteiger partial charge >= 0.3 is 0 Å². The molecule has 1 unspecified atom stereocenters. The Morgan fingerprint density at radius 2 is 1.95 bits per heavy atom. The number of benzene rings is 1. The van der Waals surface area contributed by atoms with Crippen LogP contribution in [0.2, 0.25) is 0 Å². The third kappa shape index (κ3) is 3.23. The van der Waals surface area contributed by atoms with E-state index >= 15 is 0 Å². The van der Waals surface area contributed by atoms with Crippen molar-refractivity contribution in [2.45, 2.75) is 12.5 Å². The van der Waals surface area contributed by atoms with E-state index in [1.165, 1.54) is 13.2 Å². The highest BCUT2D eigenvalue weighted by molar-refractivity contribution is 5.21. The smallest absolute Gasteiger partial charge is 0.233 e. The van der Waals surface area contributed by atoms with Crippen molar-refractivity contribution in [3.63, 3.8) is 0 Å². The largest absolute Gasteiger partial charge is 0.480 e. The molecule has 0 aliphatic rings. The average Bonchev–Trinajstić information content (AvgIpc) is 2.43. The van der Waals surface area contributed by atoms with Crippen LogP contribution in [0.15, 0.2) is 30.3 Å². The molecule has 2 aromatic rings. The number of rotatable bonds is 4. The maximum absolute atomic E-state index is 13.0. The Bertz CT molecular complexity index is 561. The molecule has 0 radical (unpaired) electrons. The van der Waals surface area contributed by atoms with E-state index in [2.05, 4.69) is 10.2 Å². The molecule has 100 valence electrons. The zero-order valence-electron chi connectivity index (χ0n) is 10.2. The topological polar surface area (TPSA) is 55.2 Å². The van der Waals surface area contributed by atoms with Crippen LogP contribution in [0.3, 0.4) is 0 Å². The van der Waals surface area contributed by atoms with Gasteiger partial charge < -0.3 is 9.84 Å². The highest BCUT2D eigenvalue weighted by Gasteiger charge is 2.12. The fourth-order valence-electron chi connectivity index (χ4n) is 1.61. The van der Waals surface area contributed by atoms with E-state index in [1.54, 1.807) is 12.1 Å². The second-order valence-electron chi connectivity index (χ2n) is 3.97. The van der Waals surface area contributed by atoms with Crippen molar-refractivity contribution in [1.82, 2.24) is 10.2 Å². The second-order valence-corrected chi connectivity index (χ2v) is 3.97. The minimum atomic E-state index is -0.941. The Morgan fingerprint density at radius 3 is 2.53 bits per heavy atom. The van der Waals surface area contributed by atoms with Crippen LogP contribution in [0.4, 0.5) is 8.78 Å². The zero-order chi connectivity index (χ0) is 13.8. The summed E-state index contributed by atoms with van der Waals surface area (Å²) < 4.78 is 30.6. The van der Waals surface area contributed by atoms with Gasteiger partial charge in [0.1, 0.15) is 6.10 Å². The van der Waals surface area contributed by atoms with Crippen LogP contribution in [0.5, 0.6) is 5.88 Å². The number of aromatic nitrogens is 2. The van der Waals surface area contributed by atoms with Crippen molar-refractivity contribution >= 4 is 0 Å². The quantitative estimate of drug-likeness (QED) is 0.920. The normalized spacial score (nSPS) is 12.2. The van der Waals surface area contributed by atoms with Crippen LogP contribution >= 0.6 is 0 Å². The van der Waals surface area contributed by atoms with Crippen LogP contribution in [0.25, 0.3) is 0 Å². The maximum atomic E-state index is 13.0. The van der Waals surface area contributed by atoms with Crippen LogP contribution in [-0.4, -0.2) is 22.4 Å². The van der Waals surface area contributed by atoms with Crippen molar-refractivity contribution in [3.8, 4) is 5.88 Å². The number of aliphatic hydroxyl groups is 1. The van der Waals surface area contributed by atoms with Gasteiger partial charge in [-0.3, -0.25) is 0 Å². The Kier molecular flexibility index (Phi) is 4.01. The molecule has 1 atom stereocenters. The summed E-state index contributed by atoms with van der Waals surface area (Å²) in [4.78, 5) is 0. The van der Waals surface area contributed by atoms with Gasteiger partial charge in [-0.1, -0.05) is 6.07 Å². The Hall–Kier alpha value is -2.08. The van der Waals surface area contributed by atoms with Crippen molar-refractivity contribution in [3.05, 3.63) is 53.2 Å². The minimum Gasteiger partial charge on any atom is -0.480 e. The Labute approximate surface area is 108 Å². The van der Waals surface area contributed by atoms with Gasteiger partial charge in [-0.15, -0.1) is 10.2 Å². The molecule has 1 aromatic heterocycles. The Balaban J connectivity index is 2.10. The molecule has 1 N–H and O–H groups in total. The summed E-state index contributed by atoms with van der Waals surface area (Å²) in [5.74, 6) is -1.52. The first-order valence-electron chi connectivity index (χ1n) is 5.59. The molecule has 4 nitrogen and oxygen atoms in total. The number of methoxy groups -OCH3 is 1. The van der Waals surface area contributed by atoms with E-state index in [0.717, 1.165) is 12.1 Å². The van der Waals surface area contributed by atoms with Crippen molar-refractivity contribution in [2.24, 2.45) is 0 Å². The minimum absolute atomic E-state index is 0.123. The lowest BCUT2D eigenvalue weighted by Crippen LogP contribution is -2.06. The lowest BCUT2D eigenvalue weighted by Gasteiger charge is -2.10. The zero-order valence-corrected chi connectivity index (χ0v) is 10.2. The first-order valence-corrected chi connectivity index (χ1v) is 5.59. The first kappa shape index (κ1) is 13.4. The molecule has 19 heavy (non-hydrogen) atoms. The number of halogens is 2. The van der Waals surface area contributed by atoms with E-state index in [0.29, 0.717) is 17.1 Å². The highest BCUT2D eigenvalue weighted by atomic mass is 19.2. The molecule has 0 bridgehead atoms. The van der Waals surface area contributed by atoms with Crippen molar-refractivity contribution < 1.29 is 18.6 Å². The average molecular weight is 266 g/mol. The fourth-order valence-corrected chi connectivity index (χ4v) is 1.61. The molecular weight excluding hydrogens is 254 g/mol. The molecular formula is C13H12F2N2O2. The molecule has 1 heterocycles. The van der Waals surface area contributed by atoms with E-state index in [1.807, 2.05) is 0 Å². The highest BCUT2D eigenvalue weighted by Crippen LogP contribution is 2.18. The lowest BCUT2D eigenvalue weighted by atomic mass is 10.1. The van der Waals surface area contributed by atoms with E-state index in [4.69, 9.17) is 4.74 Å². The molecule has 0 saturated carbocycles. The van der Waals surface area contributed by atoms with Crippen LogP contribution in [0, 0.1) is 11.6 Å². The van der Waals surface area contributed by atoms with E-state index in [-0.39, 0.29) is 6.42 Å². The summed E-state index contributed by atoms with van der Waals surface area (Å²) in [7, 11) is 1.46. The SMILES string of the molecule is COc1ccc(C(O)Cc2ccc(F)c(F)c2)nn1. The summed E-state index contributed by atoms with van der Waals surface area (Å²) in [6.45, 7) is 0. The van der Waals surface area contributed by atoms with Crippen molar-refractivity contribution in [2.75, 3.05) is 7.11 Å². The fraction of sp³-hybridized carbons (Fsp3) is 0.231. The molecule has 1 aromatic carbocycles. The summed E-state index contributed by atoms with van der Waals surface area (Å²) >= 11 is 0. The van der Waals surface area contributed by atoms with Crippen LogP contribution in [-0.2, 0) is 6.42 Å². The van der Waals surface area contributed by atoms with E-state index < -0.39 is 17.7 Å². The summed E-state index contributed by atoms with van der Waals surface area (Å²) in [6, 6.07) is 6.62. The number of hydrogen-bond donors (Lipinski definition) is 1. The van der Waals surface area contributed by atoms with E-state index in [9.17, 15) is 13.9 Å². The lowest BCUT2D eigenvalue weighted by molar-refractivity contribution is 0.172. The molecule has 6 heteroatoms. The van der Waals surface area contributed by atoms with Gasteiger partial charge in [-0.05, 0) is 23.8 Å². The summed E-state index contributed by atoms with van der Waals surface area (Å²) in [6.07, 6.45) is -0.818. The van der Waals surface area contributed by atoms with Gasteiger partial charge in [0.05, 0.1) is 12.8 Å². The van der Waals surface area contributed by atoms with Crippen molar-refractivity contribution in [1.29, 1.82) is 0 Å². The van der Waals surface area contributed by atoms with Crippen LogP contribution < -0.4 is 4.74 Å². The van der Waals surface area contributed by atoms with Gasteiger partial charge in [0, 0.05) is 12.5 Å². The predicted octanol–water partition coefficient (Wildman–Crippen LogP) is 2.04. The molecule has 0 saturated heterocycles. The van der Waals surface area contributed by atoms with Gasteiger partial charge in [0.15, 0.2) is 11.6 Å². The standard InChI is InChI=1S/C13H12F2N2O2/c1-19-13-5-4-11(16-17-13)12(18)7-8-2-3-9(14)10(15)6-8/h2-6,12,18H,7H2,1H3. The number of hydrogen-bond acceptors (Lipinski definition) is 4. The van der Waals surface area contributed by atoms with Gasteiger partial charge in [0.2, 0.25) is 5.88 Å². The third-order valence-electron chi connectivity index (χ3n) is 2.62. The van der Waals surface area contributed by atoms with Crippen LogP contribution in [0.1, 0.15) is 17.4 Å². The predicted molar refractivity (Wildman–Crippen MR) is 63.6 cm³/mol. The molecule has 0 spiro atoms. The Morgan fingerprint density at radius 1 is 1.16 bits per heavy atom. The third-order valence-corrected chi connectivity index (χ3v) is 2.62. The molecule has 0 aliphatic carbocycles. The van der Waals surface area contributed by atoms with Gasteiger partial charge in [-0.25, -0.2) is 8.78 Å². The molecule has 0 amide bonds. The first-order chi connectivity index (χ1) is 9.10. The second kappa shape index (κ2) is 5.71. The molecule has 2 rings (SSSR count). The summed E-state index contributed by atoms with van der Waals surface area (Å²) in [5.41, 5.74) is 0.814. The van der Waals surface area contributed by atoms with Gasteiger partial charge in [-0.2, -0.15) is 0 Å². The monoisotopic (exact) mass is 266 g/mol.